The Morgan fingerprint density at radius 3 is 3.00 bits per heavy atom. The SMILES string of the molecule is CN=CC(=CN)c1ccc2c(c1)C1(CC2)CC1NCC1CCOCC1. The number of aliphatic imine (C=N–C) groups is 1. The quantitative estimate of drug-likeness (QED) is 0.811. The molecular formula is C21H29N3O. The number of nitrogens with one attached hydrogen (secondary N) is 1. The van der Waals surface area contributed by atoms with E-state index in [0.717, 1.165) is 31.2 Å². The van der Waals surface area contributed by atoms with Crippen LogP contribution in [-0.4, -0.2) is 39.1 Å². The second-order valence-corrected chi connectivity index (χ2v) is 7.76. The number of allylic oxidation sites excluding steroid dienone is 1. The maximum atomic E-state index is 5.80. The predicted molar refractivity (Wildman–Crippen MR) is 103 cm³/mol. The minimum atomic E-state index is 0.361. The molecule has 2 aliphatic carbocycles. The molecule has 1 aromatic carbocycles. The Morgan fingerprint density at radius 2 is 2.24 bits per heavy atom. The molecule has 1 spiro atoms. The van der Waals surface area contributed by atoms with Crippen molar-refractivity contribution in [2.75, 3.05) is 26.8 Å². The number of aryl methyl sites for hydroxylation is 1. The zero-order valence-electron chi connectivity index (χ0n) is 15.1. The van der Waals surface area contributed by atoms with E-state index in [4.69, 9.17) is 10.5 Å². The van der Waals surface area contributed by atoms with E-state index in [0.29, 0.717) is 11.5 Å². The van der Waals surface area contributed by atoms with Gasteiger partial charge in [-0.3, -0.25) is 4.99 Å². The number of rotatable bonds is 5. The summed E-state index contributed by atoms with van der Waals surface area (Å²) >= 11 is 0. The summed E-state index contributed by atoms with van der Waals surface area (Å²) in [5.74, 6) is 0.783. The van der Waals surface area contributed by atoms with Crippen molar-refractivity contribution in [3.05, 3.63) is 41.1 Å². The number of nitrogens with zero attached hydrogens (tertiary/aromatic N) is 1. The summed E-state index contributed by atoms with van der Waals surface area (Å²) in [5, 5.41) is 3.87. The molecule has 4 heteroatoms. The molecule has 4 nitrogen and oxygen atoms in total. The Bertz CT molecular complexity index is 690. The topological polar surface area (TPSA) is 59.6 Å². The molecule has 1 heterocycles. The average Bonchev–Trinajstić information content (AvgIpc) is 3.25. The molecule has 1 aliphatic heterocycles. The normalized spacial score (nSPS) is 29.5. The summed E-state index contributed by atoms with van der Waals surface area (Å²) in [4.78, 5) is 4.13. The van der Waals surface area contributed by atoms with Gasteiger partial charge in [0, 0.05) is 49.7 Å². The van der Waals surface area contributed by atoms with E-state index in [1.807, 2.05) is 6.21 Å². The minimum Gasteiger partial charge on any atom is -0.404 e. The molecule has 0 amide bonds. The monoisotopic (exact) mass is 339 g/mol. The van der Waals surface area contributed by atoms with Gasteiger partial charge in [0.05, 0.1) is 0 Å². The van der Waals surface area contributed by atoms with Gasteiger partial charge in [-0.25, -0.2) is 0 Å². The van der Waals surface area contributed by atoms with E-state index >= 15 is 0 Å². The van der Waals surface area contributed by atoms with E-state index in [9.17, 15) is 0 Å². The number of nitrogens with two attached hydrogens (primary N) is 1. The van der Waals surface area contributed by atoms with E-state index in [2.05, 4.69) is 28.5 Å². The van der Waals surface area contributed by atoms with Crippen molar-refractivity contribution in [2.24, 2.45) is 16.6 Å². The lowest BCUT2D eigenvalue weighted by molar-refractivity contribution is 0.0660. The van der Waals surface area contributed by atoms with Crippen molar-refractivity contribution < 1.29 is 4.74 Å². The summed E-state index contributed by atoms with van der Waals surface area (Å²) < 4.78 is 5.47. The molecule has 0 radical (unpaired) electrons. The van der Waals surface area contributed by atoms with Crippen LogP contribution >= 0.6 is 0 Å². The first kappa shape index (κ1) is 16.8. The van der Waals surface area contributed by atoms with Crippen LogP contribution in [0.1, 0.15) is 42.4 Å². The molecule has 1 aromatic rings. The van der Waals surface area contributed by atoms with Crippen molar-refractivity contribution in [3.63, 3.8) is 0 Å². The summed E-state index contributed by atoms with van der Waals surface area (Å²) in [7, 11) is 1.79. The Hall–Kier alpha value is -1.65. The molecule has 2 atom stereocenters. The molecule has 0 bridgehead atoms. The summed E-state index contributed by atoms with van der Waals surface area (Å²) in [6, 6.07) is 7.47. The number of ether oxygens (including phenoxy) is 1. The third-order valence-corrected chi connectivity index (χ3v) is 6.34. The van der Waals surface area contributed by atoms with Crippen molar-refractivity contribution in [2.45, 2.75) is 43.6 Å². The van der Waals surface area contributed by atoms with Gasteiger partial charge in [-0.15, -0.1) is 0 Å². The fraction of sp³-hybridized carbons (Fsp3) is 0.571. The molecule has 0 aromatic heterocycles. The Labute approximate surface area is 150 Å². The maximum absolute atomic E-state index is 5.80. The average molecular weight is 339 g/mol. The zero-order valence-corrected chi connectivity index (χ0v) is 15.1. The van der Waals surface area contributed by atoms with Crippen LogP contribution in [0, 0.1) is 5.92 Å². The van der Waals surface area contributed by atoms with Gasteiger partial charge in [0.1, 0.15) is 0 Å². The Balaban J connectivity index is 1.48. The maximum Gasteiger partial charge on any atom is 0.0469 e. The van der Waals surface area contributed by atoms with Gasteiger partial charge < -0.3 is 15.8 Å². The second-order valence-electron chi connectivity index (χ2n) is 7.76. The molecule has 1 saturated carbocycles. The van der Waals surface area contributed by atoms with Crippen molar-refractivity contribution >= 4 is 11.8 Å². The molecule has 4 rings (SSSR count). The van der Waals surface area contributed by atoms with Crippen LogP contribution in [0.3, 0.4) is 0 Å². The Kier molecular flexibility index (Phi) is 4.65. The summed E-state index contributed by atoms with van der Waals surface area (Å²) in [6.45, 7) is 3.00. The van der Waals surface area contributed by atoms with Crippen LogP contribution in [0.5, 0.6) is 0 Å². The van der Waals surface area contributed by atoms with Crippen molar-refractivity contribution in [3.8, 4) is 0 Å². The first-order valence-corrected chi connectivity index (χ1v) is 9.56. The van der Waals surface area contributed by atoms with Gasteiger partial charge in [-0.2, -0.15) is 0 Å². The van der Waals surface area contributed by atoms with Crippen LogP contribution in [0.15, 0.2) is 29.4 Å². The van der Waals surface area contributed by atoms with Crippen molar-refractivity contribution in [1.29, 1.82) is 0 Å². The molecule has 1 saturated heterocycles. The third-order valence-electron chi connectivity index (χ3n) is 6.34. The lowest BCUT2D eigenvalue weighted by Crippen LogP contribution is -2.32. The fourth-order valence-electron chi connectivity index (χ4n) is 4.69. The molecule has 2 unspecified atom stereocenters. The van der Waals surface area contributed by atoms with Gasteiger partial charge in [0.2, 0.25) is 0 Å². The largest absolute Gasteiger partial charge is 0.404 e. The molecule has 3 N–H and O–H groups in total. The first-order valence-electron chi connectivity index (χ1n) is 9.56. The number of hydrogen-bond donors (Lipinski definition) is 2. The lowest BCUT2D eigenvalue weighted by atomic mass is 9.93. The highest BCUT2D eigenvalue weighted by Gasteiger charge is 2.57. The second kappa shape index (κ2) is 6.93. The third kappa shape index (κ3) is 3.13. The highest BCUT2D eigenvalue weighted by atomic mass is 16.5. The predicted octanol–water partition coefficient (Wildman–Crippen LogP) is 2.66. The van der Waals surface area contributed by atoms with Gasteiger partial charge >= 0.3 is 0 Å². The minimum absolute atomic E-state index is 0.361. The zero-order chi connectivity index (χ0) is 17.3. The van der Waals surface area contributed by atoms with Crippen LogP contribution in [0.4, 0.5) is 0 Å². The van der Waals surface area contributed by atoms with E-state index < -0.39 is 0 Å². The van der Waals surface area contributed by atoms with Gasteiger partial charge in [-0.1, -0.05) is 18.2 Å². The lowest BCUT2D eigenvalue weighted by Gasteiger charge is -2.23. The molecule has 2 fully saturated rings. The number of hydrogen-bond acceptors (Lipinski definition) is 4. The van der Waals surface area contributed by atoms with Gasteiger partial charge in [-0.05, 0) is 61.3 Å². The van der Waals surface area contributed by atoms with Crippen molar-refractivity contribution in [1.82, 2.24) is 5.32 Å². The Morgan fingerprint density at radius 1 is 1.40 bits per heavy atom. The number of benzene rings is 1. The van der Waals surface area contributed by atoms with Gasteiger partial charge in [0.15, 0.2) is 0 Å². The van der Waals surface area contributed by atoms with E-state index in [1.165, 1.54) is 43.2 Å². The summed E-state index contributed by atoms with van der Waals surface area (Å²) in [5.41, 5.74) is 11.4. The van der Waals surface area contributed by atoms with Crippen LogP contribution < -0.4 is 11.1 Å². The standard InChI is InChI=1S/C21H29N3O/c1-23-14-18(12-22)17-3-2-16-4-7-21(19(16)10-17)11-20(21)24-13-15-5-8-25-9-6-15/h2-3,10,12,14-15,20,24H,4-9,11,13,22H2,1H3. The first-order chi connectivity index (χ1) is 12.3. The fourth-order valence-corrected chi connectivity index (χ4v) is 4.69. The smallest absolute Gasteiger partial charge is 0.0469 e. The molecule has 134 valence electrons. The molecule has 25 heavy (non-hydrogen) atoms. The summed E-state index contributed by atoms with van der Waals surface area (Å²) in [6.07, 6.45) is 9.66. The highest BCUT2D eigenvalue weighted by Crippen LogP contribution is 2.57. The van der Waals surface area contributed by atoms with E-state index in [1.54, 1.807) is 18.8 Å². The van der Waals surface area contributed by atoms with Crippen LogP contribution in [0.2, 0.25) is 0 Å². The number of fused-ring (bicyclic) bond motifs is 2. The molecular weight excluding hydrogens is 310 g/mol. The van der Waals surface area contributed by atoms with Crippen LogP contribution in [-0.2, 0) is 16.6 Å². The van der Waals surface area contributed by atoms with Crippen LogP contribution in [0.25, 0.3) is 5.57 Å². The molecule has 3 aliphatic rings. The highest BCUT2D eigenvalue weighted by molar-refractivity contribution is 6.09. The van der Waals surface area contributed by atoms with E-state index in [-0.39, 0.29) is 0 Å². The van der Waals surface area contributed by atoms with Gasteiger partial charge in [0.25, 0.3) is 0 Å².